The predicted molar refractivity (Wildman–Crippen MR) is 59.9 cm³/mol. The molecule has 100 valence electrons. The molecule has 0 aliphatic rings. The highest BCUT2D eigenvalue weighted by molar-refractivity contribution is 5.64. The number of halogens is 2. The fourth-order valence-electron chi connectivity index (χ4n) is 1.08. The van der Waals surface area contributed by atoms with Gasteiger partial charge in [0.1, 0.15) is 17.1 Å². The second-order valence-corrected chi connectivity index (χ2v) is 4.42. The van der Waals surface area contributed by atoms with Crippen LogP contribution in [-0.2, 0) is 4.74 Å². The first-order valence-corrected chi connectivity index (χ1v) is 5.22. The van der Waals surface area contributed by atoms with Crippen LogP contribution in [0.2, 0.25) is 0 Å². The molecule has 0 amide bonds. The van der Waals surface area contributed by atoms with Crippen molar-refractivity contribution >= 4 is 6.16 Å². The molecule has 1 aromatic rings. The number of benzene rings is 1. The fourth-order valence-corrected chi connectivity index (χ4v) is 1.08. The van der Waals surface area contributed by atoms with Gasteiger partial charge in [0.05, 0.1) is 0 Å². The van der Waals surface area contributed by atoms with Gasteiger partial charge in [-0.3, -0.25) is 0 Å². The summed E-state index contributed by atoms with van der Waals surface area (Å²) in [5.74, 6) is -0.0199. The average Bonchev–Trinajstić information content (AvgIpc) is 2.13. The molecule has 18 heavy (non-hydrogen) atoms. The van der Waals surface area contributed by atoms with E-state index in [1.165, 1.54) is 24.3 Å². The molecule has 1 rings (SSSR count). The monoisotopic (exact) mass is 260 g/mol. The Kier molecular flexibility index (Phi) is 4.47. The molecule has 0 aliphatic carbocycles. The summed E-state index contributed by atoms with van der Waals surface area (Å²) < 4.78 is 37.9. The van der Waals surface area contributed by atoms with Crippen LogP contribution < -0.4 is 9.47 Å². The Morgan fingerprint density at radius 3 is 2.39 bits per heavy atom. The van der Waals surface area contributed by atoms with Crippen LogP contribution in [0.15, 0.2) is 24.3 Å². The summed E-state index contributed by atoms with van der Waals surface area (Å²) in [4.78, 5) is 11.3. The van der Waals surface area contributed by atoms with E-state index >= 15 is 0 Å². The molecule has 0 aliphatic heterocycles. The van der Waals surface area contributed by atoms with Gasteiger partial charge in [-0.1, -0.05) is 6.07 Å². The molecule has 0 heterocycles. The van der Waals surface area contributed by atoms with Gasteiger partial charge in [-0.2, -0.15) is 8.78 Å². The molecular weight excluding hydrogens is 246 g/mol. The summed E-state index contributed by atoms with van der Waals surface area (Å²) in [5.41, 5.74) is -0.686. The molecule has 0 bridgehead atoms. The van der Waals surface area contributed by atoms with Gasteiger partial charge in [-0.15, -0.1) is 0 Å². The maximum atomic E-state index is 12.0. The molecule has 0 saturated carbocycles. The summed E-state index contributed by atoms with van der Waals surface area (Å²) in [7, 11) is 0. The van der Waals surface area contributed by atoms with Crippen molar-refractivity contribution in [3.8, 4) is 11.5 Å². The van der Waals surface area contributed by atoms with E-state index in [2.05, 4.69) is 4.74 Å². The number of hydrogen-bond donors (Lipinski definition) is 0. The normalized spacial score (nSPS) is 11.2. The Balaban J connectivity index is 2.65. The van der Waals surface area contributed by atoms with Crippen LogP contribution in [0.25, 0.3) is 0 Å². The van der Waals surface area contributed by atoms with Crippen molar-refractivity contribution in [3.05, 3.63) is 24.3 Å². The predicted octanol–water partition coefficient (Wildman–Crippen LogP) is 3.60. The van der Waals surface area contributed by atoms with Gasteiger partial charge in [-0.25, -0.2) is 4.79 Å². The van der Waals surface area contributed by atoms with E-state index in [9.17, 15) is 13.6 Å². The number of hydrogen-bond acceptors (Lipinski definition) is 4. The Labute approximate surface area is 103 Å². The van der Waals surface area contributed by atoms with Gasteiger partial charge >= 0.3 is 12.8 Å². The van der Waals surface area contributed by atoms with Crippen LogP contribution in [0.5, 0.6) is 11.5 Å². The van der Waals surface area contributed by atoms with Crippen LogP contribution in [0.1, 0.15) is 20.8 Å². The lowest BCUT2D eigenvalue weighted by Gasteiger charge is -2.18. The van der Waals surface area contributed by atoms with E-state index in [0.717, 1.165) is 0 Å². The quantitative estimate of drug-likeness (QED) is 0.615. The van der Waals surface area contributed by atoms with Crippen LogP contribution in [0.3, 0.4) is 0 Å². The molecule has 1 aromatic carbocycles. The minimum atomic E-state index is -2.93. The molecule has 0 fully saturated rings. The van der Waals surface area contributed by atoms with E-state index in [-0.39, 0.29) is 11.5 Å². The molecule has 0 spiro atoms. The van der Waals surface area contributed by atoms with E-state index in [0.29, 0.717) is 0 Å². The van der Waals surface area contributed by atoms with Crippen LogP contribution in [0.4, 0.5) is 13.6 Å². The van der Waals surface area contributed by atoms with Crippen LogP contribution in [-0.4, -0.2) is 18.4 Å². The molecule has 6 heteroatoms. The Bertz CT molecular complexity index is 413. The van der Waals surface area contributed by atoms with Gasteiger partial charge in [0, 0.05) is 6.07 Å². The van der Waals surface area contributed by atoms with Gasteiger partial charge < -0.3 is 14.2 Å². The summed E-state index contributed by atoms with van der Waals surface area (Å²) in [6.07, 6.45) is -0.906. The van der Waals surface area contributed by atoms with Crippen molar-refractivity contribution in [1.82, 2.24) is 0 Å². The highest BCUT2D eigenvalue weighted by Crippen LogP contribution is 2.22. The summed E-state index contributed by atoms with van der Waals surface area (Å²) in [6.45, 7) is 2.13. The third-order valence-electron chi connectivity index (χ3n) is 1.62. The van der Waals surface area contributed by atoms with Crippen molar-refractivity contribution in [1.29, 1.82) is 0 Å². The van der Waals surface area contributed by atoms with Gasteiger partial charge in [-0.05, 0) is 32.9 Å². The minimum absolute atomic E-state index is 0.0717. The zero-order valence-electron chi connectivity index (χ0n) is 10.3. The first-order valence-electron chi connectivity index (χ1n) is 5.22. The molecular formula is C12H14F2O4. The fraction of sp³-hybridized carbons (Fsp3) is 0.417. The zero-order valence-corrected chi connectivity index (χ0v) is 10.3. The summed E-state index contributed by atoms with van der Waals surface area (Å²) in [6, 6.07) is 5.36. The average molecular weight is 260 g/mol. The van der Waals surface area contributed by atoms with Crippen molar-refractivity contribution in [2.75, 3.05) is 0 Å². The summed E-state index contributed by atoms with van der Waals surface area (Å²) in [5, 5.41) is 0. The molecule has 4 nitrogen and oxygen atoms in total. The van der Waals surface area contributed by atoms with Gasteiger partial charge in [0.25, 0.3) is 0 Å². The third-order valence-corrected chi connectivity index (χ3v) is 1.62. The van der Waals surface area contributed by atoms with E-state index in [4.69, 9.17) is 9.47 Å². The first kappa shape index (κ1) is 14.2. The number of ether oxygens (including phenoxy) is 3. The summed E-state index contributed by atoms with van der Waals surface area (Å²) >= 11 is 0. The first-order chi connectivity index (χ1) is 8.26. The maximum absolute atomic E-state index is 12.0. The highest BCUT2D eigenvalue weighted by Gasteiger charge is 2.18. The van der Waals surface area contributed by atoms with Gasteiger partial charge in [0.2, 0.25) is 0 Å². The highest BCUT2D eigenvalue weighted by atomic mass is 19.3. The van der Waals surface area contributed by atoms with Crippen LogP contribution in [0, 0.1) is 0 Å². The van der Waals surface area contributed by atoms with Gasteiger partial charge in [0.15, 0.2) is 0 Å². The largest absolute Gasteiger partial charge is 0.514 e. The second-order valence-electron chi connectivity index (χ2n) is 4.42. The zero-order chi connectivity index (χ0) is 13.8. The third kappa shape index (κ3) is 5.47. The molecule has 0 aromatic heterocycles. The maximum Gasteiger partial charge on any atom is 0.514 e. The molecule has 0 N–H and O–H groups in total. The topological polar surface area (TPSA) is 44.8 Å². The van der Waals surface area contributed by atoms with E-state index in [1.807, 2.05) is 0 Å². The Morgan fingerprint density at radius 1 is 1.22 bits per heavy atom. The lowest BCUT2D eigenvalue weighted by molar-refractivity contribution is -0.0499. The second kappa shape index (κ2) is 5.66. The lowest BCUT2D eigenvalue weighted by atomic mass is 10.2. The number of alkyl halides is 2. The number of carbonyl (C=O) groups is 1. The minimum Gasteiger partial charge on any atom is -0.435 e. The van der Waals surface area contributed by atoms with E-state index in [1.54, 1.807) is 20.8 Å². The molecule has 0 unspecified atom stereocenters. The Morgan fingerprint density at radius 2 is 1.83 bits per heavy atom. The SMILES string of the molecule is CC(C)(C)OC(=O)Oc1cccc(OC(F)F)c1. The number of carbonyl (C=O) groups excluding carboxylic acids is 1. The van der Waals surface area contributed by atoms with Crippen LogP contribution >= 0.6 is 0 Å². The smallest absolute Gasteiger partial charge is 0.435 e. The standard InChI is InChI=1S/C12H14F2O4/c1-12(2,3)18-11(15)17-9-6-4-5-8(7-9)16-10(13)14/h4-7,10H,1-3H3. The van der Waals surface area contributed by atoms with Crippen molar-refractivity contribution in [3.63, 3.8) is 0 Å². The number of rotatable bonds is 3. The lowest BCUT2D eigenvalue weighted by Crippen LogP contribution is -2.25. The van der Waals surface area contributed by atoms with Crippen molar-refractivity contribution in [2.45, 2.75) is 33.0 Å². The molecule has 0 radical (unpaired) electrons. The Hall–Kier alpha value is -1.85. The van der Waals surface area contributed by atoms with Crippen molar-refractivity contribution < 1.29 is 27.8 Å². The van der Waals surface area contributed by atoms with Crippen molar-refractivity contribution in [2.24, 2.45) is 0 Å². The molecule has 0 atom stereocenters. The van der Waals surface area contributed by atoms with E-state index < -0.39 is 18.4 Å². The molecule has 0 saturated heterocycles.